The summed E-state index contributed by atoms with van der Waals surface area (Å²) < 4.78 is 2.08. The van der Waals surface area contributed by atoms with E-state index in [1.165, 1.54) is 27.8 Å². The van der Waals surface area contributed by atoms with Crippen molar-refractivity contribution in [3.8, 4) is 0 Å². The SMILES string of the molecule is CC1CCc2c(sc3ncnc(Sc4nnc(Cc5ccccc5)n4C)c23)C1. The highest BCUT2D eigenvalue weighted by Crippen LogP contribution is 2.41. The van der Waals surface area contributed by atoms with Crippen LogP contribution in [0.3, 0.4) is 0 Å². The van der Waals surface area contributed by atoms with Crippen LogP contribution in [0.5, 0.6) is 0 Å². The second kappa shape index (κ2) is 7.29. The average molecular weight is 408 g/mol. The Balaban J connectivity index is 1.48. The first-order chi connectivity index (χ1) is 13.7. The highest BCUT2D eigenvalue weighted by molar-refractivity contribution is 7.99. The van der Waals surface area contributed by atoms with Gasteiger partial charge in [-0.2, -0.15) is 0 Å². The summed E-state index contributed by atoms with van der Waals surface area (Å²) in [5, 5.41) is 12.0. The number of aromatic nitrogens is 5. The van der Waals surface area contributed by atoms with Gasteiger partial charge in [-0.05, 0) is 48.1 Å². The van der Waals surface area contributed by atoms with E-state index < -0.39 is 0 Å². The summed E-state index contributed by atoms with van der Waals surface area (Å²) in [6.45, 7) is 2.34. The third-order valence-electron chi connectivity index (χ3n) is 5.38. The lowest BCUT2D eigenvalue weighted by Gasteiger charge is -2.18. The summed E-state index contributed by atoms with van der Waals surface area (Å²) in [4.78, 5) is 11.7. The van der Waals surface area contributed by atoms with Gasteiger partial charge in [0.05, 0.1) is 0 Å². The predicted molar refractivity (Wildman–Crippen MR) is 113 cm³/mol. The van der Waals surface area contributed by atoms with E-state index in [0.717, 1.165) is 46.0 Å². The maximum absolute atomic E-state index is 4.61. The maximum Gasteiger partial charge on any atom is 0.197 e. The van der Waals surface area contributed by atoms with Crippen LogP contribution in [0.1, 0.15) is 35.2 Å². The molecule has 0 bridgehead atoms. The van der Waals surface area contributed by atoms with Crippen molar-refractivity contribution in [3.05, 3.63) is 58.5 Å². The highest BCUT2D eigenvalue weighted by Gasteiger charge is 2.24. The number of hydrogen-bond acceptors (Lipinski definition) is 6. The summed E-state index contributed by atoms with van der Waals surface area (Å²) in [5.74, 6) is 1.71. The molecule has 1 aromatic carbocycles. The van der Waals surface area contributed by atoms with Crippen LogP contribution in [0, 0.1) is 5.92 Å². The zero-order valence-corrected chi connectivity index (χ0v) is 17.6. The van der Waals surface area contributed by atoms with Crippen molar-refractivity contribution in [3.63, 3.8) is 0 Å². The van der Waals surface area contributed by atoms with E-state index >= 15 is 0 Å². The van der Waals surface area contributed by atoms with Crippen LogP contribution in [0.15, 0.2) is 46.8 Å². The maximum atomic E-state index is 4.61. The van der Waals surface area contributed by atoms with Crippen LogP contribution in [0.4, 0.5) is 0 Å². The van der Waals surface area contributed by atoms with Crippen molar-refractivity contribution in [1.82, 2.24) is 24.7 Å². The van der Waals surface area contributed by atoms with Gasteiger partial charge >= 0.3 is 0 Å². The van der Waals surface area contributed by atoms with Crippen LogP contribution >= 0.6 is 23.1 Å². The number of benzene rings is 1. The molecule has 1 aliphatic rings. The number of aryl methyl sites for hydroxylation is 1. The molecule has 0 N–H and O–H groups in total. The lowest BCUT2D eigenvalue weighted by Crippen LogP contribution is -2.08. The first-order valence-corrected chi connectivity index (χ1v) is 11.2. The summed E-state index contributed by atoms with van der Waals surface area (Å²) in [5.41, 5.74) is 2.69. The fourth-order valence-electron chi connectivity index (χ4n) is 3.78. The molecule has 1 aliphatic carbocycles. The quantitative estimate of drug-likeness (QED) is 0.460. The normalized spacial score (nSPS) is 16.4. The molecule has 0 aliphatic heterocycles. The van der Waals surface area contributed by atoms with E-state index in [1.807, 2.05) is 24.5 Å². The molecule has 0 amide bonds. The highest BCUT2D eigenvalue weighted by atomic mass is 32.2. The molecule has 4 aromatic rings. The number of rotatable bonds is 4. The topological polar surface area (TPSA) is 56.5 Å². The minimum atomic E-state index is 0.754. The summed E-state index contributed by atoms with van der Waals surface area (Å²) in [6.07, 6.45) is 5.97. The van der Waals surface area contributed by atoms with Crippen LogP contribution in [-0.2, 0) is 26.3 Å². The molecule has 142 valence electrons. The lowest BCUT2D eigenvalue weighted by atomic mass is 9.89. The second-order valence-corrected chi connectivity index (χ2v) is 9.47. The fourth-order valence-corrected chi connectivity index (χ4v) is 6.11. The Hall–Kier alpha value is -2.25. The van der Waals surface area contributed by atoms with Crippen molar-refractivity contribution in [2.75, 3.05) is 0 Å². The van der Waals surface area contributed by atoms with Crippen molar-refractivity contribution in [1.29, 1.82) is 0 Å². The monoisotopic (exact) mass is 407 g/mol. The van der Waals surface area contributed by atoms with Crippen LogP contribution in [0.25, 0.3) is 10.2 Å². The second-order valence-electron chi connectivity index (χ2n) is 7.43. The molecule has 7 heteroatoms. The van der Waals surface area contributed by atoms with Crippen molar-refractivity contribution >= 4 is 33.3 Å². The largest absolute Gasteiger partial charge is 0.309 e. The van der Waals surface area contributed by atoms with Gasteiger partial charge in [0.15, 0.2) is 5.16 Å². The zero-order valence-electron chi connectivity index (χ0n) is 15.9. The molecule has 1 unspecified atom stereocenters. The van der Waals surface area contributed by atoms with Gasteiger partial charge < -0.3 is 4.57 Å². The van der Waals surface area contributed by atoms with Gasteiger partial charge in [0, 0.05) is 23.7 Å². The van der Waals surface area contributed by atoms with Gasteiger partial charge in [-0.25, -0.2) is 9.97 Å². The van der Waals surface area contributed by atoms with E-state index in [-0.39, 0.29) is 0 Å². The van der Waals surface area contributed by atoms with Crippen LogP contribution in [0.2, 0.25) is 0 Å². The van der Waals surface area contributed by atoms with Gasteiger partial charge in [0.2, 0.25) is 0 Å². The van der Waals surface area contributed by atoms with Gasteiger partial charge in [-0.3, -0.25) is 0 Å². The Morgan fingerprint density at radius 2 is 2.04 bits per heavy atom. The molecule has 0 saturated carbocycles. The molecule has 28 heavy (non-hydrogen) atoms. The first kappa shape index (κ1) is 17.8. The van der Waals surface area contributed by atoms with E-state index in [1.54, 1.807) is 18.1 Å². The first-order valence-electron chi connectivity index (χ1n) is 9.54. The van der Waals surface area contributed by atoms with Crippen LogP contribution < -0.4 is 0 Å². The van der Waals surface area contributed by atoms with E-state index in [2.05, 4.69) is 55.9 Å². The lowest BCUT2D eigenvalue weighted by molar-refractivity contribution is 0.509. The summed E-state index contributed by atoms with van der Waals surface area (Å²) >= 11 is 3.43. The third-order valence-corrected chi connectivity index (χ3v) is 7.58. The summed E-state index contributed by atoms with van der Waals surface area (Å²) in [6, 6.07) is 10.4. The van der Waals surface area contributed by atoms with Gasteiger partial charge in [-0.1, -0.05) is 37.3 Å². The van der Waals surface area contributed by atoms with E-state index in [0.29, 0.717) is 0 Å². The molecule has 0 saturated heterocycles. The Morgan fingerprint density at radius 3 is 2.89 bits per heavy atom. The Kier molecular flexibility index (Phi) is 4.64. The number of fused-ring (bicyclic) bond motifs is 3. The number of nitrogens with zero attached hydrogens (tertiary/aromatic N) is 5. The molecule has 0 spiro atoms. The smallest absolute Gasteiger partial charge is 0.197 e. The molecule has 5 rings (SSSR count). The molecule has 5 nitrogen and oxygen atoms in total. The minimum absolute atomic E-state index is 0.754. The number of thiophene rings is 1. The molecule has 0 radical (unpaired) electrons. The van der Waals surface area contributed by atoms with Crippen LogP contribution in [-0.4, -0.2) is 24.7 Å². The molecule has 1 atom stereocenters. The van der Waals surface area contributed by atoms with Crippen molar-refractivity contribution in [2.24, 2.45) is 13.0 Å². The Morgan fingerprint density at radius 1 is 1.18 bits per heavy atom. The number of hydrogen-bond donors (Lipinski definition) is 0. The van der Waals surface area contributed by atoms with Gasteiger partial charge in [0.1, 0.15) is 22.0 Å². The standard InChI is InChI=1S/C21H21N5S2/c1-13-8-9-15-16(10-13)27-19-18(15)20(23-12-22-19)28-21-25-24-17(26(21)2)11-14-6-4-3-5-7-14/h3-7,12-13H,8-11H2,1-2H3. The fraction of sp³-hybridized carbons (Fsp3) is 0.333. The van der Waals surface area contributed by atoms with Gasteiger partial charge in [-0.15, -0.1) is 21.5 Å². The Bertz CT molecular complexity index is 1130. The zero-order chi connectivity index (χ0) is 19.1. The molecule has 0 fully saturated rings. The molecular weight excluding hydrogens is 386 g/mol. The summed E-state index contributed by atoms with van der Waals surface area (Å²) in [7, 11) is 2.03. The predicted octanol–water partition coefficient (Wildman–Crippen LogP) is 4.69. The minimum Gasteiger partial charge on any atom is -0.309 e. The molecule has 3 heterocycles. The van der Waals surface area contributed by atoms with E-state index in [9.17, 15) is 0 Å². The third kappa shape index (κ3) is 3.22. The molecular formula is C21H21N5S2. The Labute approximate surface area is 172 Å². The van der Waals surface area contributed by atoms with Gasteiger partial charge in [0.25, 0.3) is 0 Å². The molecule has 3 aromatic heterocycles. The van der Waals surface area contributed by atoms with Crippen molar-refractivity contribution in [2.45, 2.75) is 42.8 Å². The van der Waals surface area contributed by atoms with Crippen molar-refractivity contribution < 1.29 is 0 Å². The van der Waals surface area contributed by atoms with E-state index in [4.69, 9.17) is 0 Å². The average Bonchev–Trinajstić information content (AvgIpc) is 3.24.